The molecule has 0 aromatic heterocycles. The molecule has 108 valence electrons. The summed E-state index contributed by atoms with van der Waals surface area (Å²) in [6.45, 7) is 3.99. The standard InChI is InChI=1S/C16H20FNO2/c1-12-3-2-9-18(10-8-12)15-6-4-13(11-14(15)17)5-7-16(19)20/h4-7,11-12H,2-3,8-10H2,1H3,(H,19,20). The van der Waals surface area contributed by atoms with Crippen molar-refractivity contribution in [1.29, 1.82) is 0 Å². The van der Waals surface area contributed by atoms with Gasteiger partial charge in [-0.05, 0) is 49.0 Å². The summed E-state index contributed by atoms with van der Waals surface area (Å²) < 4.78 is 14.2. The van der Waals surface area contributed by atoms with E-state index in [0.29, 0.717) is 17.2 Å². The molecule has 20 heavy (non-hydrogen) atoms. The van der Waals surface area contributed by atoms with Gasteiger partial charge < -0.3 is 10.0 Å². The van der Waals surface area contributed by atoms with E-state index in [1.54, 1.807) is 12.1 Å². The number of carbonyl (C=O) groups is 1. The Labute approximate surface area is 118 Å². The second-order valence-corrected chi connectivity index (χ2v) is 5.41. The molecule has 0 saturated carbocycles. The first kappa shape index (κ1) is 14.6. The van der Waals surface area contributed by atoms with Crippen molar-refractivity contribution < 1.29 is 14.3 Å². The van der Waals surface area contributed by atoms with Gasteiger partial charge in [0, 0.05) is 19.2 Å². The predicted molar refractivity (Wildman–Crippen MR) is 78.3 cm³/mol. The zero-order valence-electron chi connectivity index (χ0n) is 11.7. The molecule has 1 aliphatic heterocycles. The molecule has 1 aromatic carbocycles. The number of benzene rings is 1. The van der Waals surface area contributed by atoms with E-state index >= 15 is 0 Å². The molecule has 1 heterocycles. The van der Waals surface area contributed by atoms with E-state index in [4.69, 9.17) is 5.11 Å². The highest BCUT2D eigenvalue weighted by Gasteiger charge is 2.16. The van der Waals surface area contributed by atoms with Crippen LogP contribution in [0.15, 0.2) is 24.3 Å². The van der Waals surface area contributed by atoms with Crippen LogP contribution in [0.1, 0.15) is 31.7 Å². The van der Waals surface area contributed by atoms with Gasteiger partial charge in [-0.25, -0.2) is 9.18 Å². The van der Waals surface area contributed by atoms with Gasteiger partial charge in [-0.2, -0.15) is 0 Å². The van der Waals surface area contributed by atoms with Crippen LogP contribution in [-0.4, -0.2) is 24.2 Å². The lowest BCUT2D eigenvalue weighted by Crippen LogP contribution is -2.25. The van der Waals surface area contributed by atoms with Gasteiger partial charge >= 0.3 is 5.97 Å². The first-order valence-corrected chi connectivity index (χ1v) is 7.02. The van der Waals surface area contributed by atoms with Gasteiger partial charge in [0.1, 0.15) is 5.82 Å². The summed E-state index contributed by atoms with van der Waals surface area (Å²) in [7, 11) is 0. The SMILES string of the molecule is CC1CCCN(c2ccc(C=CC(=O)O)cc2F)CC1. The van der Waals surface area contributed by atoms with Crippen molar-refractivity contribution in [2.24, 2.45) is 5.92 Å². The van der Waals surface area contributed by atoms with Crippen LogP contribution in [-0.2, 0) is 4.79 Å². The van der Waals surface area contributed by atoms with Crippen molar-refractivity contribution in [1.82, 2.24) is 0 Å². The molecular formula is C16H20FNO2. The van der Waals surface area contributed by atoms with Crippen LogP contribution in [0.2, 0.25) is 0 Å². The second kappa shape index (κ2) is 6.55. The van der Waals surface area contributed by atoms with Gasteiger partial charge in [0.2, 0.25) is 0 Å². The minimum absolute atomic E-state index is 0.285. The molecule has 2 rings (SSSR count). The summed E-state index contributed by atoms with van der Waals surface area (Å²) in [6, 6.07) is 4.89. The topological polar surface area (TPSA) is 40.5 Å². The number of rotatable bonds is 3. The van der Waals surface area contributed by atoms with E-state index in [1.807, 2.05) is 0 Å². The number of carboxylic acids is 1. The average molecular weight is 277 g/mol. The number of hydrogen-bond donors (Lipinski definition) is 1. The van der Waals surface area contributed by atoms with Crippen LogP contribution >= 0.6 is 0 Å². The first-order valence-electron chi connectivity index (χ1n) is 7.02. The Morgan fingerprint density at radius 1 is 1.40 bits per heavy atom. The van der Waals surface area contributed by atoms with Gasteiger partial charge in [0.05, 0.1) is 5.69 Å². The summed E-state index contributed by atoms with van der Waals surface area (Å²) in [5, 5.41) is 8.57. The fourth-order valence-electron chi connectivity index (χ4n) is 2.55. The van der Waals surface area contributed by atoms with Gasteiger partial charge in [-0.1, -0.05) is 13.0 Å². The summed E-state index contributed by atoms with van der Waals surface area (Å²) in [5.41, 5.74) is 1.18. The molecule has 0 bridgehead atoms. The third-order valence-corrected chi connectivity index (χ3v) is 3.75. The second-order valence-electron chi connectivity index (χ2n) is 5.41. The van der Waals surface area contributed by atoms with Gasteiger partial charge in [-0.3, -0.25) is 0 Å². The highest BCUT2D eigenvalue weighted by atomic mass is 19.1. The summed E-state index contributed by atoms with van der Waals surface area (Å²) in [4.78, 5) is 12.5. The van der Waals surface area contributed by atoms with E-state index in [9.17, 15) is 9.18 Å². The third-order valence-electron chi connectivity index (χ3n) is 3.75. The van der Waals surface area contributed by atoms with Crippen molar-refractivity contribution in [3.63, 3.8) is 0 Å². The Morgan fingerprint density at radius 2 is 2.20 bits per heavy atom. The lowest BCUT2D eigenvalue weighted by molar-refractivity contribution is -0.131. The molecule has 1 atom stereocenters. The number of halogens is 1. The number of aliphatic carboxylic acids is 1. The Bertz CT molecular complexity index is 513. The van der Waals surface area contributed by atoms with Gasteiger partial charge in [0.25, 0.3) is 0 Å². The highest BCUT2D eigenvalue weighted by Crippen LogP contribution is 2.25. The molecule has 1 saturated heterocycles. The third kappa shape index (κ3) is 3.83. The number of carboxylic acid groups (broad SMARTS) is 1. The maximum atomic E-state index is 14.2. The van der Waals surface area contributed by atoms with Crippen molar-refractivity contribution in [2.75, 3.05) is 18.0 Å². The lowest BCUT2D eigenvalue weighted by Gasteiger charge is -2.23. The predicted octanol–water partition coefficient (Wildman–Crippen LogP) is 3.55. The molecule has 1 unspecified atom stereocenters. The first-order chi connectivity index (χ1) is 9.56. The Kier molecular flexibility index (Phi) is 4.77. The van der Waals surface area contributed by atoms with Crippen LogP contribution in [0.25, 0.3) is 6.08 Å². The van der Waals surface area contributed by atoms with E-state index in [1.165, 1.54) is 18.6 Å². The van der Waals surface area contributed by atoms with Crippen molar-refractivity contribution >= 4 is 17.7 Å². The van der Waals surface area contributed by atoms with Crippen molar-refractivity contribution in [3.8, 4) is 0 Å². The molecule has 1 fully saturated rings. The van der Waals surface area contributed by atoms with Crippen molar-refractivity contribution in [3.05, 3.63) is 35.7 Å². The monoisotopic (exact) mass is 277 g/mol. The molecule has 0 radical (unpaired) electrons. The maximum absolute atomic E-state index is 14.2. The fourth-order valence-corrected chi connectivity index (χ4v) is 2.55. The lowest BCUT2D eigenvalue weighted by atomic mass is 10.0. The molecule has 4 heteroatoms. The molecule has 0 amide bonds. The van der Waals surface area contributed by atoms with Gasteiger partial charge in [0.15, 0.2) is 0 Å². The van der Waals surface area contributed by atoms with Crippen LogP contribution in [0.3, 0.4) is 0 Å². The molecule has 1 aliphatic rings. The number of nitrogens with zero attached hydrogens (tertiary/aromatic N) is 1. The summed E-state index contributed by atoms with van der Waals surface area (Å²) in [6.07, 6.45) is 5.78. The van der Waals surface area contributed by atoms with E-state index < -0.39 is 5.97 Å². The van der Waals surface area contributed by atoms with Crippen LogP contribution in [0.4, 0.5) is 10.1 Å². The summed E-state index contributed by atoms with van der Waals surface area (Å²) in [5.74, 6) is -0.621. The molecule has 1 aromatic rings. The van der Waals surface area contributed by atoms with E-state index in [-0.39, 0.29) is 5.82 Å². The van der Waals surface area contributed by atoms with Crippen LogP contribution < -0.4 is 4.90 Å². The molecule has 1 N–H and O–H groups in total. The highest BCUT2D eigenvalue weighted by molar-refractivity contribution is 5.85. The van der Waals surface area contributed by atoms with E-state index in [0.717, 1.165) is 32.0 Å². The van der Waals surface area contributed by atoms with Crippen molar-refractivity contribution in [2.45, 2.75) is 26.2 Å². The molecule has 0 aliphatic carbocycles. The van der Waals surface area contributed by atoms with E-state index in [2.05, 4.69) is 11.8 Å². The Hall–Kier alpha value is -1.84. The smallest absolute Gasteiger partial charge is 0.328 e. The zero-order valence-corrected chi connectivity index (χ0v) is 11.7. The maximum Gasteiger partial charge on any atom is 0.328 e. The molecule has 0 spiro atoms. The largest absolute Gasteiger partial charge is 0.478 e. The zero-order chi connectivity index (χ0) is 14.5. The summed E-state index contributed by atoms with van der Waals surface area (Å²) >= 11 is 0. The van der Waals surface area contributed by atoms with Crippen LogP contribution in [0.5, 0.6) is 0 Å². The quantitative estimate of drug-likeness (QED) is 0.859. The number of anilines is 1. The minimum Gasteiger partial charge on any atom is -0.478 e. The number of hydrogen-bond acceptors (Lipinski definition) is 2. The minimum atomic E-state index is -1.03. The molecule has 3 nitrogen and oxygen atoms in total. The van der Waals surface area contributed by atoms with Crippen LogP contribution in [0, 0.1) is 11.7 Å². The normalized spacial score (nSPS) is 20.1. The average Bonchev–Trinajstić information content (AvgIpc) is 2.61. The fraction of sp³-hybridized carbons (Fsp3) is 0.438. The van der Waals surface area contributed by atoms with Gasteiger partial charge in [-0.15, -0.1) is 0 Å². The molecular weight excluding hydrogens is 257 g/mol. The Morgan fingerprint density at radius 3 is 2.90 bits per heavy atom. The Balaban J connectivity index is 2.14.